The minimum Gasteiger partial charge on any atom is -0.351 e. The molecule has 1 fully saturated rings. The van der Waals surface area contributed by atoms with E-state index in [1.165, 1.54) is 0 Å². The van der Waals surface area contributed by atoms with Gasteiger partial charge in [-0.3, -0.25) is 0 Å². The molecule has 1 aromatic heterocycles. The van der Waals surface area contributed by atoms with Crippen molar-refractivity contribution in [3.8, 4) is 6.07 Å². The van der Waals surface area contributed by atoms with Crippen LogP contribution in [0.1, 0.15) is 18.9 Å². The average Bonchev–Trinajstić information content (AvgIpc) is 2.70. The zero-order valence-electron chi connectivity index (χ0n) is 9.30. The van der Waals surface area contributed by atoms with Gasteiger partial charge in [0.05, 0.1) is 11.8 Å². The number of hydrogen-bond donors (Lipinski definition) is 1. The predicted octanol–water partition coefficient (Wildman–Crippen LogP) is 0.522. The van der Waals surface area contributed by atoms with E-state index in [4.69, 9.17) is 11.0 Å². The molecule has 5 heteroatoms. The molecule has 2 N–H and O–H groups in total. The molecule has 0 radical (unpaired) electrons. The maximum absolute atomic E-state index is 9.02. The summed E-state index contributed by atoms with van der Waals surface area (Å²) in [6.45, 7) is 3.68. The highest BCUT2D eigenvalue weighted by Gasteiger charge is 2.30. The second-order valence-corrected chi connectivity index (χ2v) is 4.22. The number of nitrogens with zero attached hydrogens (tertiary/aromatic N) is 4. The van der Waals surface area contributed by atoms with Gasteiger partial charge in [-0.05, 0) is 31.9 Å². The fraction of sp³-hybridized carbons (Fsp3) is 0.545. The standard InChI is InChI=1S/C11H15N5/c1-8-4-9(5-12)7-16(8)11-10(6-13)2-3-14-15-11/h2-3,8-9H,4-5,7,12H2,1H3. The number of nitriles is 1. The van der Waals surface area contributed by atoms with Gasteiger partial charge < -0.3 is 10.6 Å². The maximum atomic E-state index is 9.02. The zero-order valence-corrected chi connectivity index (χ0v) is 9.30. The normalized spacial score (nSPS) is 24.4. The molecule has 2 rings (SSSR count). The largest absolute Gasteiger partial charge is 0.351 e. The molecule has 1 aromatic rings. The lowest BCUT2D eigenvalue weighted by molar-refractivity contribution is 0.579. The Hall–Kier alpha value is -1.67. The Morgan fingerprint density at radius 3 is 3.12 bits per heavy atom. The Morgan fingerprint density at radius 2 is 2.50 bits per heavy atom. The average molecular weight is 217 g/mol. The van der Waals surface area contributed by atoms with E-state index < -0.39 is 0 Å². The van der Waals surface area contributed by atoms with E-state index in [2.05, 4.69) is 28.1 Å². The van der Waals surface area contributed by atoms with Gasteiger partial charge in [0.25, 0.3) is 0 Å². The fourth-order valence-electron chi connectivity index (χ4n) is 2.23. The molecule has 5 nitrogen and oxygen atoms in total. The lowest BCUT2D eigenvalue weighted by atomic mass is 10.1. The number of anilines is 1. The third kappa shape index (κ3) is 1.84. The monoisotopic (exact) mass is 217 g/mol. The molecular weight excluding hydrogens is 202 g/mol. The lowest BCUT2D eigenvalue weighted by Crippen LogP contribution is -2.29. The van der Waals surface area contributed by atoms with Crippen LogP contribution in [0.2, 0.25) is 0 Å². The SMILES string of the molecule is CC1CC(CN)CN1c1nnccc1C#N. The highest BCUT2D eigenvalue weighted by atomic mass is 15.3. The molecule has 0 spiro atoms. The Labute approximate surface area is 94.9 Å². The first-order valence-electron chi connectivity index (χ1n) is 5.44. The van der Waals surface area contributed by atoms with Crippen LogP contribution in [-0.2, 0) is 0 Å². The first-order valence-corrected chi connectivity index (χ1v) is 5.44. The van der Waals surface area contributed by atoms with Gasteiger partial charge in [-0.2, -0.15) is 10.4 Å². The molecule has 1 aliphatic rings. The molecule has 0 saturated carbocycles. The van der Waals surface area contributed by atoms with Crippen molar-refractivity contribution >= 4 is 5.82 Å². The Kier molecular flexibility index (Phi) is 3.02. The van der Waals surface area contributed by atoms with Gasteiger partial charge in [-0.25, -0.2) is 0 Å². The smallest absolute Gasteiger partial charge is 0.169 e. The maximum Gasteiger partial charge on any atom is 0.169 e. The van der Waals surface area contributed by atoms with Crippen molar-refractivity contribution in [2.45, 2.75) is 19.4 Å². The van der Waals surface area contributed by atoms with Crippen molar-refractivity contribution in [1.29, 1.82) is 5.26 Å². The van der Waals surface area contributed by atoms with E-state index in [9.17, 15) is 0 Å². The summed E-state index contributed by atoms with van der Waals surface area (Å²) in [6, 6.07) is 4.22. The van der Waals surface area contributed by atoms with Gasteiger partial charge in [0, 0.05) is 12.6 Å². The summed E-state index contributed by atoms with van der Waals surface area (Å²) in [5.74, 6) is 1.18. The van der Waals surface area contributed by atoms with Crippen LogP contribution >= 0.6 is 0 Å². The molecule has 0 bridgehead atoms. The Bertz CT molecular complexity index is 411. The van der Waals surface area contributed by atoms with Crippen LogP contribution in [0.5, 0.6) is 0 Å². The van der Waals surface area contributed by atoms with Crippen LogP contribution in [0, 0.1) is 17.2 Å². The van der Waals surface area contributed by atoms with Crippen molar-refractivity contribution in [2.75, 3.05) is 18.0 Å². The van der Waals surface area contributed by atoms with Crippen molar-refractivity contribution < 1.29 is 0 Å². The Balaban J connectivity index is 2.28. The third-order valence-electron chi connectivity index (χ3n) is 3.09. The highest BCUT2D eigenvalue weighted by molar-refractivity contribution is 5.53. The second kappa shape index (κ2) is 4.45. The molecule has 0 aromatic carbocycles. The van der Waals surface area contributed by atoms with Crippen LogP contribution in [0.4, 0.5) is 5.82 Å². The highest BCUT2D eigenvalue weighted by Crippen LogP contribution is 2.28. The fourth-order valence-corrected chi connectivity index (χ4v) is 2.23. The van der Waals surface area contributed by atoms with Crippen molar-refractivity contribution in [3.05, 3.63) is 17.8 Å². The minimum atomic E-state index is 0.373. The van der Waals surface area contributed by atoms with Crippen LogP contribution in [0.15, 0.2) is 12.3 Å². The van der Waals surface area contributed by atoms with Crippen molar-refractivity contribution in [1.82, 2.24) is 10.2 Å². The molecule has 2 unspecified atom stereocenters. The first-order chi connectivity index (χ1) is 7.76. The number of nitrogens with two attached hydrogens (primary N) is 1. The second-order valence-electron chi connectivity index (χ2n) is 4.22. The molecule has 0 aliphatic carbocycles. The van der Waals surface area contributed by atoms with E-state index >= 15 is 0 Å². The van der Waals surface area contributed by atoms with Gasteiger partial charge in [0.1, 0.15) is 6.07 Å². The Morgan fingerprint density at radius 1 is 1.69 bits per heavy atom. The molecule has 84 valence electrons. The summed E-state index contributed by atoms with van der Waals surface area (Å²) in [6.07, 6.45) is 2.60. The molecular formula is C11H15N5. The predicted molar refractivity (Wildman–Crippen MR) is 60.7 cm³/mol. The van der Waals surface area contributed by atoms with Crippen molar-refractivity contribution in [2.24, 2.45) is 11.7 Å². The van der Waals surface area contributed by atoms with Gasteiger partial charge in [-0.15, -0.1) is 5.10 Å². The summed E-state index contributed by atoms with van der Waals surface area (Å²) < 4.78 is 0. The van der Waals surface area contributed by atoms with E-state index in [0.29, 0.717) is 29.9 Å². The van der Waals surface area contributed by atoms with Crippen LogP contribution in [0.25, 0.3) is 0 Å². The van der Waals surface area contributed by atoms with Crippen molar-refractivity contribution in [3.63, 3.8) is 0 Å². The lowest BCUT2D eigenvalue weighted by Gasteiger charge is -2.22. The molecule has 16 heavy (non-hydrogen) atoms. The first kappa shape index (κ1) is 10.8. The summed E-state index contributed by atoms with van der Waals surface area (Å²) >= 11 is 0. The summed E-state index contributed by atoms with van der Waals surface area (Å²) in [7, 11) is 0. The van der Waals surface area contributed by atoms with E-state index in [0.717, 1.165) is 13.0 Å². The van der Waals surface area contributed by atoms with E-state index in [-0.39, 0.29) is 0 Å². The summed E-state index contributed by atoms with van der Waals surface area (Å²) in [5, 5.41) is 16.9. The molecule has 0 amide bonds. The van der Waals surface area contributed by atoms with Gasteiger partial charge in [0.2, 0.25) is 0 Å². The molecule has 2 atom stereocenters. The molecule has 1 saturated heterocycles. The summed E-state index contributed by atoms with van der Waals surface area (Å²) in [5.41, 5.74) is 6.26. The van der Waals surface area contributed by atoms with Crippen LogP contribution in [0.3, 0.4) is 0 Å². The third-order valence-corrected chi connectivity index (χ3v) is 3.09. The molecule has 2 heterocycles. The number of rotatable bonds is 2. The number of aromatic nitrogens is 2. The number of hydrogen-bond acceptors (Lipinski definition) is 5. The van der Waals surface area contributed by atoms with Crippen LogP contribution < -0.4 is 10.6 Å². The van der Waals surface area contributed by atoms with E-state index in [1.54, 1.807) is 12.3 Å². The van der Waals surface area contributed by atoms with E-state index in [1.807, 2.05) is 0 Å². The topological polar surface area (TPSA) is 78.8 Å². The quantitative estimate of drug-likeness (QED) is 0.781. The van der Waals surface area contributed by atoms with Gasteiger partial charge >= 0.3 is 0 Å². The van der Waals surface area contributed by atoms with Gasteiger partial charge in [-0.1, -0.05) is 0 Å². The molecule has 1 aliphatic heterocycles. The van der Waals surface area contributed by atoms with Gasteiger partial charge in [0.15, 0.2) is 5.82 Å². The minimum absolute atomic E-state index is 0.373. The summed E-state index contributed by atoms with van der Waals surface area (Å²) in [4.78, 5) is 2.13. The zero-order chi connectivity index (χ0) is 11.5. The van der Waals surface area contributed by atoms with Crippen LogP contribution in [-0.4, -0.2) is 29.3 Å².